The van der Waals surface area contributed by atoms with Gasteiger partial charge in [-0.15, -0.1) is 6.58 Å². The van der Waals surface area contributed by atoms with E-state index in [1.165, 1.54) is 0 Å². The second-order valence-electron chi connectivity index (χ2n) is 7.44. The monoisotopic (exact) mass is 483 g/mol. The molecule has 1 heterocycles. The van der Waals surface area contributed by atoms with Gasteiger partial charge in [-0.05, 0) is 0 Å². The molecule has 1 aromatic heterocycles. The number of allylic oxidation sites excluding steroid dienone is 1. The molecule has 0 saturated carbocycles. The molecule has 0 bridgehead atoms. The van der Waals surface area contributed by atoms with E-state index in [-0.39, 0.29) is 11.8 Å². The van der Waals surface area contributed by atoms with Crippen molar-refractivity contribution in [2.24, 2.45) is 5.41 Å². The Morgan fingerprint density at radius 2 is 2.04 bits per heavy atom. The molecule has 0 aliphatic rings. The molecular formula is C20H28IN4O2-. The molecule has 1 atom stereocenters. The van der Waals surface area contributed by atoms with E-state index in [0.29, 0.717) is 12.2 Å². The molecule has 2 N–H and O–H groups in total. The Hall–Kier alpha value is -1.90. The second kappa shape index (κ2) is 9.34. The number of fused-ring (bicyclic) bond motifs is 1. The van der Waals surface area contributed by atoms with Crippen molar-refractivity contribution in [2.45, 2.75) is 46.2 Å². The number of aryl methyl sites for hydroxylation is 1. The molecule has 0 aliphatic carbocycles. The zero-order valence-corrected chi connectivity index (χ0v) is 18.5. The van der Waals surface area contributed by atoms with Crippen LogP contribution in [0.1, 0.15) is 44.1 Å². The quantitative estimate of drug-likeness (QED) is 0.181. The van der Waals surface area contributed by atoms with Gasteiger partial charge < -0.3 is 0 Å². The molecule has 6 nitrogen and oxygen atoms in total. The van der Waals surface area contributed by atoms with Gasteiger partial charge in [-0.25, -0.2) is 0 Å². The molecule has 0 fully saturated rings. The summed E-state index contributed by atoms with van der Waals surface area (Å²) in [6, 6.07) is 7.07. The average Bonchev–Trinajstić information content (AvgIpc) is 2.98. The van der Waals surface area contributed by atoms with E-state index in [0.717, 1.165) is 23.7 Å². The van der Waals surface area contributed by atoms with Crippen molar-refractivity contribution in [2.75, 3.05) is 4.93 Å². The van der Waals surface area contributed by atoms with Crippen LogP contribution in [-0.2, 0) is 11.3 Å². The summed E-state index contributed by atoms with van der Waals surface area (Å²) < 4.78 is 4.77. The SMILES string of the molecule is C=CCCCn1nc(C(=O)N[C@H](C(=O)N[I-]C)C(C)(C)C)c2ccccc21. The first kappa shape index (κ1) is 21.4. The first-order chi connectivity index (χ1) is 12.8. The number of amides is 2. The zero-order chi connectivity index (χ0) is 20.0. The van der Waals surface area contributed by atoms with Crippen LogP contribution in [0, 0.1) is 5.41 Å². The summed E-state index contributed by atoms with van der Waals surface area (Å²) in [5.41, 5.74) is 0.876. The third-order valence-electron chi connectivity index (χ3n) is 4.24. The number of nitrogens with one attached hydrogen (secondary N) is 2. The number of unbranched alkanes of at least 4 members (excludes halogenated alkanes) is 1. The minimum atomic E-state index is -0.616. The van der Waals surface area contributed by atoms with E-state index in [1.54, 1.807) is 0 Å². The average molecular weight is 483 g/mol. The molecule has 2 aromatic rings. The zero-order valence-electron chi connectivity index (χ0n) is 16.4. The number of alkyl halides is 1. The number of para-hydroxylation sites is 1. The number of carbonyl (C=O) groups excluding carboxylic acids is 2. The fourth-order valence-corrected chi connectivity index (χ4v) is 3.72. The minimum absolute atomic E-state index is 0.138. The van der Waals surface area contributed by atoms with E-state index in [1.807, 2.05) is 60.7 Å². The van der Waals surface area contributed by atoms with E-state index in [9.17, 15) is 9.59 Å². The molecule has 0 spiro atoms. The Kier molecular flexibility index (Phi) is 7.41. The molecule has 7 heteroatoms. The van der Waals surface area contributed by atoms with Crippen molar-refractivity contribution >= 4 is 22.7 Å². The first-order valence-electron chi connectivity index (χ1n) is 8.95. The van der Waals surface area contributed by atoms with Gasteiger partial charge >= 0.3 is 165 Å². The molecule has 2 amide bonds. The normalized spacial score (nSPS) is 12.7. The van der Waals surface area contributed by atoms with Gasteiger partial charge in [-0.2, -0.15) is 0 Å². The van der Waals surface area contributed by atoms with Gasteiger partial charge in [0.25, 0.3) is 0 Å². The first-order valence-corrected chi connectivity index (χ1v) is 12.2. The van der Waals surface area contributed by atoms with Crippen molar-refractivity contribution < 1.29 is 31.1 Å². The van der Waals surface area contributed by atoms with Crippen LogP contribution in [0.4, 0.5) is 0 Å². The van der Waals surface area contributed by atoms with Crippen LogP contribution in [-0.4, -0.2) is 32.6 Å². The van der Waals surface area contributed by atoms with Crippen LogP contribution in [0.2, 0.25) is 0 Å². The molecule has 0 saturated heterocycles. The van der Waals surface area contributed by atoms with Crippen molar-refractivity contribution in [3.05, 3.63) is 42.6 Å². The van der Waals surface area contributed by atoms with E-state index in [4.69, 9.17) is 0 Å². The van der Waals surface area contributed by atoms with Crippen LogP contribution in [0.15, 0.2) is 36.9 Å². The van der Waals surface area contributed by atoms with Gasteiger partial charge in [0.1, 0.15) is 0 Å². The molecular weight excluding hydrogens is 455 g/mol. The number of benzene rings is 1. The number of hydrogen-bond donors (Lipinski definition) is 2. The summed E-state index contributed by atoms with van der Waals surface area (Å²) in [6.07, 6.45) is 3.67. The van der Waals surface area contributed by atoms with Gasteiger partial charge in [0.15, 0.2) is 0 Å². The maximum absolute atomic E-state index is 13.0. The molecule has 27 heavy (non-hydrogen) atoms. The van der Waals surface area contributed by atoms with Crippen LogP contribution in [0.5, 0.6) is 0 Å². The fourth-order valence-electron chi connectivity index (χ4n) is 2.87. The predicted octanol–water partition coefficient (Wildman–Crippen LogP) is -0.103. The van der Waals surface area contributed by atoms with E-state index < -0.39 is 32.9 Å². The summed E-state index contributed by atoms with van der Waals surface area (Å²) >= 11 is -0.408. The number of carbonyl (C=O) groups is 2. The molecule has 0 unspecified atom stereocenters. The van der Waals surface area contributed by atoms with Gasteiger partial charge in [-0.3, -0.25) is 0 Å². The summed E-state index contributed by atoms with van der Waals surface area (Å²) in [7, 11) is 0. The number of rotatable bonds is 8. The molecule has 148 valence electrons. The summed E-state index contributed by atoms with van der Waals surface area (Å²) in [4.78, 5) is 27.4. The van der Waals surface area contributed by atoms with Crippen molar-refractivity contribution in [1.82, 2.24) is 18.6 Å². The Bertz CT molecular complexity index is 823. The fraction of sp³-hybridized carbons (Fsp3) is 0.450. The number of nitrogens with zero attached hydrogens (tertiary/aromatic N) is 2. The third kappa shape index (κ3) is 5.31. The van der Waals surface area contributed by atoms with E-state index >= 15 is 0 Å². The van der Waals surface area contributed by atoms with Crippen LogP contribution < -0.4 is 30.3 Å². The van der Waals surface area contributed by atoms with Crippen molar-refractivity contribution in [3.8, 4) is 0 Å². The molecule has 1 aromatic carbocycles. The third-order valence-corrected chi connectivity index (χ3v) is 5.31. The predicted molar refractivity (Wildman–Crippen MR) is 104 cm³/mol. The standard InChI is InChI=1S/C20H28IN4O2/c1-6-7-10-13-25-15-12-9-8-11-14(15)16(24-25)18(26)22-17(20(2,3)4)19(27)23-21-5/h6,8-9,11-12,17H,1,7,10,13H2,2-5H3,(H,22,26)(H,23,27)/q-1/t17-/m1/s1. The van der Waals surface area contributed by atoms with Crippen LogP contribution in [0.3, 0.4) is 0 Å². The van der Waals surface area contributed by atoms with Crippen molar-refractivity contribution in [3.63, 3.8) is 0 Å². The number of hydrogen-bond acceptors (Lipinski definition) is 3. The van der Waals surface area contributed by atoms with E-state index in [2.05, 4.69) is 20.5 Å². The molecule has 0 radical (unpaired) electrons. The molecule has 0 aliphatic heterocycles. The summed E-state index contributed by atoms with van der Waals surface area (Å²) in [6.45, 7) is 10.3. The summed E-state index contributed by atoms with van der Waals surface area (Å²) in [5, 5.41) is 8.25. The Morgan fingerprint density at radius 3 is 2.67 bits per heavy atom. The van der Waals surface area contributed by atoms with Gasteiger partial charge in [0, 0.05) is 0 Å². The number of halogens is 1. The maximum atomic E-state index is 13.0. The second-order valence-corrected chi connectivity index (χ2v) is 9.06. The summed E-state index contributed by atoms with van der Waals surface area (Å²) in [5.74, 6) is -0.459. The van der Waals surface area contributed by atoms with Gasteiger partial charge in [0.2, 0.25) is 0 Å². The van der Waals surface area contributed by atoms with Crippen molar-refractivity contribution in [1.29, 1.82) is 0 Å². The molecule has 2 rings (SSSR count). The van der Waals surface area contributed by atoms with Gasteiger partial charge in [-0.1, -0.05) is 0 Å². The Morgan fingerprint density at radius 1 is 1.33 bits per heavy atom. The van der Waals surface area contributed by atoms with Crippen LogP contribution >= 0.6 is 0 Å². The topological polar surface area (TPSA) is 76.0 Å². The van der Waals surface area contributed by atoms with Gasteiger partial charge in [0.05, 0.1) is 0 Å². The Balaban J connectivity index is 2.33. The van der Waals surface area contributed by atoms with Crippen LogP contribution in [0.25, 0.3) is 10.9 Å². The Labute approximate surface area is 171 Å². The number of aromatic nitrogens is 2.